The molecule has 0 saturated carbocycles. The topological polar surface area (TPSA) is 68.7 Å². The van der Waals surface area contributed by atoms with Crippen LogP contribution in [0.15, 0.2) is 42.0 Å². The van der Waals surface area contributed by atoms with Crippen molar-refractivity contribution in [3.05, 3.63) is 52.5 Å². The Balaban J connectivity index is 1.81. The van der Waals surface area contributed by atoms with Gasteiger partial charge in [-0.25, -0.2) is 4.79 Å². The highest BCUT2D eigenvalue weighted by Crippen LogP contribution is 2.41. The SMILES string of the molecule is CC(C)(C)OC(=O)N1[C@@H](C[C@@H](SC(=O)c2ccccc2)c2cncs2)COC1(C)C. The number of hydrogen-bond donors (Lipinski definition) is 0. The standard InChI is InChI=1S/C22H28N2O4S2/c1-21(2,3)28-20(26)24-16(13-27-22(24,4)5)11-17(18-12-23-14-29-18)30-19(25)15-9-7-6-8-10-15/h6-10,12,14,16-17H,11,13H2,1-5H3/t16-,17+/m0/s1. The number of carbonyl (C=O) groups is 2. The molecule has 0 spiro atoms. The zero-order valence-corrected chi connectivity index (χ0v) is 19.6. The summed E-state index contributed by atoms with van der Waals surface area (Å²) >= 11 is 2.78. The van der Waals surface area contributed by atoms with E-state index < -0.39 is 17.4 Å². The highest BCUT2D eigenvalue weighted by Gasteiger charge is 2.46. The predicted octanol–water partition coefficient (Wildman–Crippen LogP) is 5.52. The molecule has 0 N–H and O–H groups in total. The number of amides is 1. The molecular weight excluding hydrogens is 420 g/mol. The highest BCUT2D eigenvalue weighted by atomic mass is 32.2. The normalized spacial score (nSPS) is 19.5. The minimum absolute atomic E-state index is 0.00371. The Labute approximate surface area is 186 Å². The van der Waals surface area contributed by atoms with E-state index in [-0.39, 0.29) is 16.4 Å². The van der Waals surface area contributed by atoms with Gasteiger partial charge in [0.2, 0.25) is 5.12 Å². The predicted molar refractivity (Wildman–Crippen MR) is 120 cm³/mol. The average molecular weight is 449 g/mol. The van der Waals surface area contributed by atoms with E-state index in [0.29, 0.717) is 18.6 Å². The molecule has 8 heteroatoms. The molecule has 6 nitrogen and oxygen atoms in total. The first-order valence-electron chi connectivity index (χ1n) is 9.87. The van der Waals surface area contributed by atoms with Gasteiger partial charge in [-0.1, -0.05) is 42.1 Å². The molecule has 2 aromatic rings. The number of hydrogen-bond acceptors (Lipinski definition) is 7. The van der Waals surface area contributed by atoms with Crippen molar-refractivity contribution in [2.45, 2.75) is 63.7 Å². The molecule has 2 heterocycles. The van der Waals surface area contributed by atoms with Crippen LogP contribution in [0.2, 0.25) is 0 Å². The molecule has 1 aromatic carbocycles. The van der Waals surface area contributed by atoms with Gasteiger partial charge in [-0.05, 0) is 41.0 Å². The first-order valence-corrected chi connectivity index (χ1v) is 11.6. The van der Waals surface area contributed by atoms with Gasteiger partial charge in [-0.2, -0.15) is 0 Å². The fraction of sp³-hybridized carbons (Fsp3) is 0.500. The molecule has 0 aliphatic carbocycles. The number of benzene rings is 1. The van der Waals surface area contributed by atoms with Crippen molar-refractivity contribution in [2.24, 2.45) is 0 Å². The van der Waals surface area contributed by atoms with Crippen LogP contribution in [-0.2, 0) is 9.47 Å². The van der Waals surface area contributed by atoms with Crippen LogP contribution >= 0.6 is 23.1 Å². The molecule has 0 unspecified atom stereocenters. The number of ether oxygens (including phenoxy) is 2. The summed E-state index contributed by atoms with van der Waals surface area (Å²) in [6.07, 6.45) is 1.95. The van der Waals surface area contributed by atoms with Gasteiger partial charge in [0, 0.05) is 16.6 Å². The van der Waals surface area contributed by atoms with Crippen molar-refractivity contribution < 1.29 is 19.1 Å². The smallest absolute Gasteiger partial charge is 0.412 e. The lowest BCUT2D eigenvalue weighted by Gasteiger charge is -2.35. The van der Waals surface area contributed by atoms with Gasteiger partial charge in [-0.15, -0.1) is 11.3 Å². The summed E-state index contributed by atoms with van der Waals surface area (Å²) in [5.74, 6) is 0. The third-order valence-electron chi connectivity index (χ3n) is 4.68. The van der Waals surface area contributed by atoms with Crippen molar-refractivity contribution in [1.82, 2.24) is 9.88 Å². The summed E-state index contributed by atoms with van der Waals surface area (Å²) in [5, 5.41) is -0.145. The number of carbonyl (C=O) groups excluding carboxylic acids is 2. The van der Waals surface area contributed by atoms with E-state index in [1.165, 1.54) is 23.1 Å². The fourth-order valence-corrected chi connectivity index (χ4v) is 5.31. The van der Waals surface area contributed by atoms with Crippen LogP contribution in [0.5, 0.6) is 0 Å². The summed E-state index contributed by atoms with van der Waals surface area (Å²) < 4.78 is 11.6. The van der Waals surface area contributed by atoms with Crippen molar-refractivity contribution in [1.29, 1.82) is 0 Å². The molecule has 0 bridgehead atoms. The summed E-state index contributed by atoms with van der Waals surface area (Å²) in [4.78, 5) is 32.7. The second-order valence-electron chi connectivity index (χ2n) is 8.66. The van der Waals surface area contributed by atoms with Gasteiger partial charge in [-0.3, -0.25) is 14.7 Å². The maximum Gasteiger partial charge on any atom is 0.412 e. The molecule has 3 rings (SSSR count). The summed E-state index contributed by atoms with van der Waals surface area (Å²) in [6, 6.07) is 9.01. The lowest BCUT2D eigenvalue weighted by molar-refractivity contribution is -0.0626. The van der Waals surface area contributed by atoms with Crippen LogP contribution in [0.1, 0.15) is 61.5 Å². The van der Waals surface area contributed by atoms with E-state index in [1.807, 2.05) is 65.0 Å². The van der Waals surface area contributed by atoms with Gasteiger partial charge in [0.1, 0.15) is 11.3 Å². The second-order valence-corrected chi connectivity index (χ2v) is 10.8. The maximum absolute atomic E-state index is 12.9. The molecule has 1 aliphatic heterocycles. The fourth-order valence-electron chi connectivity index (χ4n) is 3.36. The quantitative estimate of drug-likeness (QED) is 0.600. The molecule has 2 atom stereocenters. The van der Waals surface area contributed by atoms with E-state index in [1.54, 1.807) is 16.6 Å². The minimum Gasteiger partial charge on any atom is -0.444 e. The number of aromatic nitrogens is 1. The molecular formula is C22H28N2O4S2. The monoisotopic (exact) mass is 448 g/mol. The minimum atomic E-state index is -0.778. The first-order chi connectivity index (χ1) is 14.1. The molecule has 162 valence electrons. The van der Waals surface area contributed by atoms with Crippen LogP contribution < -0.4 is 0 Å². The van der Waals surface area contributed by atoms with Crippen molar-refractivity contribution in [3.8, 4) is 0 Å². The van der Waals surface area contributed by atoms with Gasteiger partial charge < -0.3 is 9.47 Å². The number of thioether (sulfide) groups is 1. The Kier molecular flexibility index (Phi) is 6.89. The van der Waals surface area contributed by atoms with Crippen LogP contribution in [0.25, 0.3) is 0 Å². The molecule has 1 aliphatic rings. The summed E-state index contributed by atoms with van der Waals surface area (Å²) in [5.41, 5.74) is 1.04. The number of thiazole rings is 1. The second kappa shape index (κ2) is 9.08. The zero-order valence-electron chi connectivity index (χ0n) is 18.0. The lowest BCUT2D eigenvalue weighted by Crippen LogP contribution is -2.50. The van der Waals surface area contributed by atoms with E-state index in [0.717, 1.165) is 4.88 Å². The van der Waals surface area contributed by atoms with Crippen LogP contribution in [0, 0.1) is 0 Å². The Morgan fingerprint density at radius 2 is 2.03 bits per heavy atom. The number of rotatable bonds is 5. The third-order valence-corrected chi connectivity index (χ3v) is 6.90. The molecule has 30 heavy (non-hydrogen) atoms. The molecule has 1 aromatic heterocycles. The van der Waals surface area contributed by atoms with E-state index in [9.17, 15) is 9.59 Å². The maximum atomic E-state index is 12.9. The third kappa shape index (κ3) is 5.62. The van der Waals surface area contributed by atoms with Gasteiger partial charge >= 0.3 is 6.09 Å². The average Bonchev–Trinajstić information content (AvgIpc) is 3.28. The molecule has 1 fully saturated rings. The summed E-state index contributed by atoms with van der Waals surface area (Å²) in [7, 11) is 0. The van der Waals surface area contributed by atoms with E-state index in [4.69, 9.17) is 9.47 Å². The Morgan fingerprint density at radius 1 is 1.33 bits per heavy atom. The van der Waals surface area contributed by atoms with Gasteiger partial charge in [0.15, 0.2) is 0 Å². The summed E-state index contributed by atoms with van der Waals surface area (Å²) in [6.45, 7) is 9.65. The van der Waals surface area contributed by atoms with Crippen molar-refractivity contribution in [2.75, 3.05) is 6.61 Å². The Morgan fingerprint density at radius 3 is 2.63 bits per heavy atom. The molecule has 1 saturated heterocycles. The largest absolute Gasteiger partial charge is 0.444 e. The van der Waals surface area contributed by atoms with E-state index >= 15 is 0 Å². The molecule has 0 radical (unpaired) electrons. The Bertz CT molecular complexity index is 863. The van der Waals surface area contributed by atoms with Crippen molar-refractivity contribution in [3.63, 3.8) is 0 Å². The van der Waals surface area contributed by atoms with Gasteiger partial charge in [0.05, 0.1) is 23.4 Å². The lowest BCUT2D eigenvalue weighted by atomic mass is 10.1. The molecule has 1 amide bonds. The number of nitrogens with zero attached hydrogens (tertiary/aromatic N) is 2. The highest BCUT2D eigenvalue weighted by molar-refractivity contribution is 8.14. The first kappa shape index (κ1) is 22.8. The van der Waals surface area contributed by atoms with Crippen LogP contribution in [0.3, 0.4) is 0 Å². The Hall–Kier alpha value is -1.90. The van der Waals surface area contributed by atoms with E-state index in [2.05, 4.69) is 4.98 Å². The zero-order chi connectivity index (χ0) is 21.9. The van der Waals surface area contributed by atoms with Crippen molar-refractivity contribution >= 4 is 34.3 Å². The van der Waals surface area contributed by atoms with Gasteiger partial charge in [0.25, 0.3) is 0 Å². The van der Waals surface area contributed by atoms with Crippen LogP contribution in [0.4, 0.5) is 4.79 Å². The van der Waals surface area contributed by atoms with Crippen LogP contribution in [-0.4, -0.2) is 45.1 Å².